The van der Waals surface area contributed by atoms with Crippen molar-refractivity contribution < 1.29 is 5.11 Å². The van der Waals surface area contributed by atoms with Crippen molar-refractivity contribution in [1.29, 1.82) is 0 Å². The molecule has 1 rings (SSSR count). The Balaban J connectivity index is 2.95. The molecule has 0 amide bonds. The van der Waals surface area contributed by atoms with Gasteiger partial charge in [0.2, 0.25) is 5.95 Å². The minimum Gasteiger partial charge on any atom is -0.394 e. The maximum Gasteiger partial charge on any atom is 0.225 e. The van der Waals surface area contributed by atoms with Crippen LogP contribution in [0.25, 0.3) is 0 Å². The van der Waals surface area contributed by atoms with Gasteiger partial charge in [0, 0.05) is 19.8 Å². The van der Waals surface area contributed by atoms with E-state index in [1.165, 1.54) is 0 Å². The molecule has 0 fully saturated rings. The lowest BCUT2D eigenvalue weighted by Gasteiger charge is -2.33. The van der Waals surface area contributed by atoms with Gasteiger partial charge in [-0.3, -0.25) is 0 Å². The molecule has 84 valence electrons. The van der Waals surface area contributed by atoms with E-state index in [2.05, 4.69) is 9.97 Å². The van der Waals surface area contributed by atoms with Crippen LogP contribution in [0.3, 0.4) is 0 Å². The Bertz CT molecular complexity index is 327. The quantitative estimate of drug-likeness (QED) is 0.739. The van der Waals surface area contributed by atoms with Crippen molar-refractivity contribution in [2.75, 3.05) is 18.6 Å². The van der Waals surface area contributed by atoms with Crippen molar-refractivity contribution >= 4 is 5.95 Å². The molecule has 5 nitrogen and oxygen atoms in total. The first-order valence-electron chi connectivity index (χ1n) is 4.88. The standard InChI is InChI=1S/C10H18N4O/c1-10(2,7-15)14(3)9-12-5-4-8(6-11)13-9/h4-5,15H,6-7,11H2,1-3H3. The summed E-state index contributed by atoms with van der Waals surface area (Å²) in [4.78, 5) is 10.3. The number of hydrogen-bond donors (Lipinski definition) is 2. The van der Waals surface area contributed by atoms with E-state index in [0.29, 0.717) is 12.5 Å². The Hall–Kier alpha value is -1.20. The van der Waals surface area contributed by atoms with Crippen molar-refractivity contribution in [3.05, 3.63) is 18.0 Å². The number of aliphatic hydroxyl groups is 1. The van der Waals surface area contributed by atoms with Crippen LogP contribution in [0.5, 0.6) is 0 Å². The van der Waals surface area contributed by atoms with E-state index in [1.54, 1.807) is 12.3 Å². The number of rotatable bonds is 4. The van der Waals surface area contributed by atoms with Gasteiger partial charge in [-0.1, -0.05) is 0 Å². The Morgan fingerprint density at radius 1 is 1.53 bits per heavy atom. The zero-order chi connectivity index (χ0) is 11.5. The molecule has 0 saturated carbocycles. The highest BCUT2D eigenvalue weighted by atomic mass is 16.3. The van der Waals surface area contributed by atoms with Crippen molar-refractivity contribution in [2.24, 2.45) is 5.73 Å². The topological polar surface area (TPSA) is 75.3 Å². The van der Waals surface area contributed by atoms with Gasteiger partial charge in [-0.25, -0.2) is 9.97 Å². The maximum absolute atomic E-state index is 9.23. The molecular weight excluding hydrogens is 192 g/mol. The van der Waals surface area contributed by atoms with E-state index in [4.69, 9.17) is 5.73 Å². The third-order valence-corrected chi connectivity index (χ3v) is 2.50. The Labute approximate surface area is 90.0 Å². The highest BCUT2D eigenvalue weighted by Gasteiger charge is 2.24. The van der Waals surface area contributed by atoms with Crippen molar-refractivity contribution in [3.8, 4) is 0 Å². The lowest BCUT2D eigenvalue weighted by molar-refractivity contribution is 0.215. The van der Waals surface area contributed by atoms with Crippen LogP contribution in [-0.2, 0) is 6.54 Å². The molecule has 0 saturated heterocycles. The summed E-state index contributed by atoms with van der Waals surface area (Å²) in [6.45, 7) is 4.28. The summed E-state index contributed by atoms with van der Waals surface area (Å²) in [6, 6.07) is 1.78. The van der Waals surface area contributed by atoms with Crippen LogP contribution in [0.2, 0.25) is 0 Å². The highest BCUT2D eigenvalue weighted by Crippen LogP contribution is 2.17. The fourth-order valence-electron chi connectivity index (χ4n) is 1.04. The molecule has 0 aromatic carbocycles. The Kier molecular flexibility index (Phi) is 3.60. The zero-order valence-electron chi connectivity index (χ0n) is 9.44. The van der Waals surface area contributed by atoms with Gasteiger partial charge in [-0.2, -0.15) is 0 Å². The molecule has 0 aliphatic heterocycles. The number of anilines is 1. The van der Waals surface area contributed by atoms with Gasteiger partial charge in [0.05, 0.1) is 17.8 Å². The first-order chi connectivity index (χ1) is 7.01. The van der Waals surface area contributed by atoms with Gasteiger partial charge in [0.1, 0.15) is 0 Å². The average molecular weight is 210 g/mol. The summed E-state index contributed by atoms with van der Waals surface area (Å²) in [5, 5.41) is 9.23. The zero-order valence-corrected chi connectivity index (χ0v) is 9.44. The predicted octanol–water partition coefficient (Wildman–Crippen LogP) is 0.142. The molecule has 0 bridgehead atoms. The number of likely N-dealkylation sites (N-methyl/N-ethyl adjacent to an activating group) is 1. The molecule has 1 aromatic rings. The maximum atomic E-state index is 9.23. The summed E-state index contributed by atoms with van der Waals surface area (Å²) in [6.07, 6.45) is 1.68. The smallest absolute Gasteiger partial charge is 0.225 e. The Morgan fingerprint density at radius 2 is 2.20 bits per heavy atom. The molecule has 0 radical (unpaired) electrons. The predicted molar refractivity (Wildman–Crippen MR) is 59.5 cm³/mol. The van der Waals surface area contributed by atoms with E-state index in [1.807, 2.05) is 25.8 Å². The van der Waals surface area contributed by atoms with E-state index < -0.39 is 0 Å². The van der Waals surface area contributed by atoms with Crippen molar-refractivity contribution in [2.45, 2.75) is 25.9 Å². The van der Waals surface area contributed by atoms with E-state index >= 15 is 0 Å². The monoisotopic (exact) mass is 210 g/mol. The van der Waals surface area contributed by atoms with Crippen LogP contribution < -0.4 is 10.6 Å². The lowest BCUT2D eigenvalue weighted by atomic mass is 10.1. The van der Waals surface area contributed by atoms with Gasteiger partial charge in [-0.05, 0) is 19.9 Å². The van der Waals surface area contributed by atoms with Gasteiger partial charge < -0.3 is 15.7 Å². The third-order valence-electron chi connectivity index (χ3n) is 2.50. The normalized spacial score (nSPS) is 11.5. The molecule has 0 spiro atoms. The molecule has 5 heteroatoms. The lowest BCUT2D eigenvalue weighted by Crippen LogP contribution is -2.45. The van der Waals surface area contributed by atoms with E-state index in [0.717, 1.165) is 5.69 Å². The van der Waals surface area contributed by atoms with Crippen LogP contribution in [-0.4, -0.2) is 34.3 Å². The van der Waals surface area contributed by atoms with Crippen LogP contribution in [0, 0.1) is 0 Å². The number of nitrogens with zero attached hydrogens (tertiary/aromatic N) is 3. The number of aromatic nitrogens is 2. The largest absolute Gasteiger partial charge is 0.394 e. The molecule has 0 aliphatic rings. The summed E-state index contributed by atoms with van der Waals surface area (Å²) in [5.74, 6) is 0.581. The molecule has 0 aliphatic carbocycles. The van der Waals surface area contributed by atoms with Crippen molar-refractivity contribution in [1.82, 2.24) is 9.97 Å². The molecule has 3 N–H and O–H groups in total. The molecule has 0 unspecified atom stereocenters. The summed E-state index contributed by atoms with van der Waals surface area (Å²) >= 11 is 0. The SMILES string of the molecule is CN(c1nccc(CN)n1)C(C)(C)CO. The molecular formula is C10H18N4O. The fraction of sp³-hybridized carbons (Fsp3) is 0.600. The minimum absolute atomic E-state index is 0.0414. The van der Waals surface area contributed by atoms with Crippen LogP contribution in [0.4, 0.5) is 5.95 Å². The number of nitrogens with two attached hydrogens (primary N) is 1. The number of aliphatic hydroxyl groups excluding tert-OH is 1. The first kappa shape index (κ1) is 11.9. The second-order valence-electron chi connectivity index (χ2n) is 4.08. The fourth-order valence-corrected chi connectivity index (χ4v) is 1.04. The van der Waals surface area contributed by atoms with Crippen LogP contribution in [0.15, 0.2) is 12.3 Å². The number of hydrogen-bond acceptors (Lipinski definition) is 5. The molecule has 1 heterocycles. The van der Waals surface area contributed by atoms with Gasteiger partial charge in [0.15, 0.2) is 0 Å². The van der Waals surface area contributed by atoms with Crippen LogP contribution in [0.1, 0.15) is 19.5 Å². The second kappa shape index (κ2) is 4.55. The molecule has 1 aromatic heterocycles. The first-order valence-corrected chi connectivity index (χ1v) is 4.88. The van der Waals surface area contributed by atoms with Gasteiger partial charge in [0.25, 0.3) is 0 Å². The third kappa shape index (κ3) is 2.64. The van der Waals surface area contributed by atoms with E-state index in [9.17, 15) is 5.11 Å². The second-order valence-corrected chi connectivity index (χ2v) is 4.08. The van der Waals surface area contributed by atoms with Crippen molar-refractivity contribution in [3.63, 3.8) is 0 Å². The summed E-state index contributed by atoms with van der Waals surface area (Å²) in [5.41, 5.74) is 5.91. The molecule has 0 atom stereocenters. The average Bonchev–Trinajstić information content (AvgIpc) is 2.28. The Morgan fingerprint density at radius 3 is 2.73 bits per heavy atom. The highest BCUT2D eigenvalue weighted by molar-refractivity contribution is 5.33. The van der Waals surface area contributed by atoms with Gasteiger partial charge >= 0.3 is 0 Å². The summed E-state index contributed by atoms with van der Waals surface area (Å²) < 4.78 is 0. The minimum atomic E-state index is -0.382. The van der Waals surface area contributed by atoms with E-state index in [-0.39, 0.29) is 12.1 Å². The van der Waals surface area contributed by atoms with Crippen LogP contribution >= 0.6 is 0 Å². The molecule has 15 heavy (non-hydrogen) atoms. The van der Waals surface area contributed by atoms with Gasteiger partial charge in [-0.15, -0.1) is 0 Å². The summed E-state index contributed by atoms with van der Waals surface area (Å²) in [7, 11) is 1.85.